The molecule has 4 rings (SSSR count). The molecule has 1 fully saturated rings. The molecular formula is C22H26F3N5O5. The van der Waals surface area contributed by atoms with Crippen LogP contribution >= 0.6 is 0 Å². The van der Waals surface area contributed by atoms with Crippen molar-refractivity contribution in [2.24, 2.45) is 5.92 Å². The molecule has 0 saturated carbocycles. The molecule has 2 aliphatic rings. The number of amides is 1. The molecule has 2 aromatic rings. The van der Waals surface area contributed by atoms with E-state index in [4.69, 9.17) is 9.47 Å². The summed E-state index contributed by atoms with van der Waals surface area (Å²) in [6.45, 7) is 3.14. The summed E-state index contributed by atoms with van der Waals surface area (Å²) in [7, 11) is 1.83. The summed E-state index contributed by atoms with van der Waals surface area (Å²) in [6, 6.07) is 4.63. The quantitative estimate of drug-likeness (QED) is 0.479. The Morgan fingerprint density at radius 3 is 2.54 bits per heavy atom. The van der Waals surface area contributed by atoms with Crippen molar-refractivity contribution in [3.05, 3.63) is 51.7 Å². The van der Waals surface area contributed by atoms with Gasteiger partial charge < -0.3 is 29.8 Å². The van der Waals surface area contributed by atoms with E-state index in [1.807, 2.05) is 14.0 Å². The Morgan fingerprint density at radius 2 is 2.00 bits per heavy atom. The minimum atomic E-state index is -4.41. The fourth-order valence-electron chi connectivity index (χ4n) is 4.89. The first kappa shape index (κ1) is 24.8. The highest BCUT2D eigenvalue weighted by atomic mass is 19.4. The molecule has 1 amide bonds. The molecule has 0 radical (unpaired) electrons. The van der Waals surface area contributed by atoms with Gasteiger partial charge >= 0.3 is 24.1 Å². The molecule has 13 heteroatoms. The zero-order chi connectivity index (χ0) is 25.4. The predicted molar refractivity (Wildman–Crippen MR) is 117 cm³/mol. The summed E-state index contributed by atoms with van der Waals surface area (Å²) in [5.74, 6) is -0.0882. The number of nitrogens with one attached hydrogen (secondary N) is 1. The van der Waals surface area contributed by atoms with Crippen LogP contribution in [0.5, 0.6) is 6.01 Å². The molecule has 2 unspecified atom stereocenters. The number of nitrogens with zero attached hydrogens (tertiary/aromatic N) is 4. The highest BCUT2D eigenvalue weighted by molar-refractivity contribution is 5.67. The summed E-state index contributed by atoms with van der Waals surface area (Å²) in [6.07, 6.45) is -2.20. The average Bonchev–Trinajstić information content (AvgIpc) is 3.34. The lowest BCUT2D eigenvalue weighted by molar-refractivity contribution is -0.389. The van der Waals surface area contributed by atoms with Crippen molar-refractivity contribution in [1.29, 1.82) is 0 Å². The lowest BCUT2D eigenvalue weighted by atomic mass is 9.80. The van der Waals surface area contributed by atoms with Gasteiger partial charge in [-0.25, -0.2) is 4.79 Å². The summed E-state index contributed by atoms with van der Waals surface area (Å²) in [5.41, 5.74) is -0.946. The van der Waals surface area contributed by atoms with Crippen molar-refractivity contribution in [2.45, 2.75) is 50.7 Å². The van der Waals surface area contributed by atoms with Crippen LogP contribution in [-0.4, -0.2) is 57.2 Å². The number of hydrogen-bond acceptors (Lipinski definition) is 7. The smallest absolute Gasteiger partial charge is 0.416 e. The largest absolute Gasteiger partial charge is 0.445 e. The lowest BCUT2D eigenvalue weighted by Crippen LogP contribution is -2.57. The third-order valence-corrected chi connectivity index (χ3v) is 6.60. The minimum absolute atomic E-state index is 0.0893. The van der Waals surface area contributed by atoms with Gasteiger partial charge in [0, 0.05) is 18.1 Å². The van der Waals surface area contributed by atoms with Crippen LogP contribution in [0.1, 0.15) is 30.9 Å². The molecule has 0 aliphatic carbocycles. The van der Waals surface area contributed by atoms with E-state index in [1.165, 1.54) is 18.3 Å². The number of nitro groups is 1. The van der Waals surface area contributed by atoms with Gasteiger partial charge in [0.15, 0.2) is 0 Å². The fraction of sp³-hybridized carbons (Fsp3) is 0.545. The van der Waals surface area contributed by atoms with Crippen molar-refractivity contribution in [1.82, 2.24) is 19.8 Å². The second-order valence-corrected chi connectivity index (χ2v) is 9.02. The van der Waals surface area contributed by atoms with Gasteiger partial charge in [0.25, 0.3) is 0 Å². The Morgan fingerprint density at radius 1 is 1.34 bits per heavy atom. The zero-order valence-corrected chi connectivity index (χ0v) is 19.2. The van der Waals surface area contributed by atoms with Crippen molar-refractivity contribution >= 4 is 11.9 Å². The second kappa shape index (κ2) is 9.36. The van der Waals surface area contributed by atoms with E-state index in [9.17, 15) is 28.1 Å². The Kier molecular flexibility index (Phi) is 6.62. The SMILES string of the molecule is CNC(C1CCN(C(=O)OCc2ccc(C(F)(F)F)cc2)CC1)C1(C)Cn2cc([N+](=O)[O-])nc2O1. The molecule has 1 aromatic carbocycles. The highest BCUT2D eigenvalue weighted by Crippen LogP contribution is 2.37. The summed E-state index contributed by atoms with van der Waals surface area (Å²) >= 11 is 0. The first-order valence-electron chi connectivity index (χ1n) is 11.2. The number of alkyl halides is 3. The van der Waals surface area contributed by atoms with Crippen LogP contribution in [0.15, 0.2) is 30.5 Å². The number of hydrogen-bond donors (Lipinski definition) is 1. The van der Waals surface area contributed by atoms with E-state index < -0.39 is 28.4 Å². The Labute approximate surface area is 199 Å². The van der Waals surface area contributed by atoms with Crippen molar-refractivity contribution in [2.75, 3.05) is 20.1 Å². The molecule has 1 saturated heterocycles. The number of piperidine rings is 1. The maximum Gasteiger partial charge on any atom is 0.416 e. The van der Waals surface area contributed by atoms with Crippen molar-refractivity contribution < 1.29 is 32.4 Å². The number of aromatic nitrogens is 2. The topological polar surface area (TPSA) is 112 Å². The minimum Gasteiger partial charge on any atom is -0.445 e. The fourth-order valence-corrected chi connectivity index (χ4v) is 4.89. The third kappa shape index (κ3) is 5.19. The van der Waals surface area contributed by atoms with E-state index >= 15 is 0 Å². The van der Waals surface area contributed by atoms with Gasteiger partial charge in [0.2, 0.25) is 0 Å². The Balaban J connectivity index is 1.29. The van der Waals surface area contributed by atoms with Gasteiger partial charge in [-0.05, 0) is 55.4 Å². The number of likely N-dealkylation sites (N-methyl/N-ethyl adjacent to an activating group) is 1. The van der Waals surface area contributed by atoms with Crippen molar-refractivity contribution in [3.63, 3.8) is 0 Å². The number of fused-ring (bicyclic) bond motifs is 1. The van der Waals surface area contributed by atoms with Gasteiger partial charge in [0.05, 0.1) is 18.2 Å². The van der Waals surface area contributed by atoms with E-state index in [0.29, 0.717) is 38.0 Å². The highest BCUT2D eigenvalue weighted by Gasteiger charge is 2.48. The number of imidazole rings is 1. The Hall–Kier alpha value is -3.35. The second-order valence-electron chi connectivity index (χ2n) is 9.02. The van der Waals surface area contributed by atoms with E-state index in [2.05, 4.69) is 10.3 Å². The summed E-state index contributed by atoms with van der Waals surface area (Å²) in [4.78, 5) is 28.4. The predicted octanol–water partition coefficient (Wildman–Crippen LogP) is 3.60. The molecule has 10 nitrogen and oxygen atoms in total. The van der Waals surface area contributed by atoms with E-state index in [-0.39, 0.29) is 30.4 Å². The zero-order valence-electron chi connectivity index (χ0n) is 19.2. The third-order valence-electron chi connectivity index (χ3n) is 6.60. The van der Waals surface area contributed by atoms with E-state index in [1.54, 1.807) is 9.47 Å². The molecule has 2 atom stereocenters. The van der Waals surface area contributed by atoms with Crippen LogP contribution in [0.4, 0.5) is 23.8 Å². The number of likely N-dealkylation sites (tertiary alicyclic amines) is 1. The number of carbonyl (C=O) groups excluding carboxylic acids is 1. The molecular weight excluding hydrogens is 471 g/mol. The normalized spacial score (nSPS) is 21.3. The number of ether oxygens (including phenoxy) is 2. The number of rotatable bonds is 6. The first-order valence-corrected chi connectivity index (χ1v) is 11.2. The van der Waals surface area contributed by atoms with E-state index in [0.717, 1.165) is 12.1 Å². The van der Waals surface area contributed by atoms with Gasteiger partial charge in [-0.2, -0.15) is 13.2 Å². The van der Waals surface area contributed by atoms with Crippen LogP contribution in [0, 0.1) is 16.0 Å². The molecule has 0 spiro atoms. The molecule has 0 bridgehead atoms. The first-order chi connectivity index (χ1) is 16.5. The Bertz CT molecular complexity index is 1060. The van der Waals surface area contributed by atoms with Crippen LogP contribution in [-0.2, 0) is 24.1 Å². The molecule has 35 heavy (non-hydrogen) atoms. The maximum absolute atomic E-state index is 12.7. The average molecular weight is 497 g/mol. The number of carbonyl (C=O) groups is 1. The standard InChI is InChI=1S/C22H26F3N5O5/c1-21(13-29-11-17(30(32)33)27-19(29)35-21)18(26-2)15-7-9-28(10-8-15)20(31)34-12-14-3-5-16(6-4-14)22(23,24)25/h3-6,11,15,18,26H,7-10,12-13H2,1-2H3. The lowest BCUT2D eigenvalue weighted by Gasteiger charge is -2.41. The van der Waals surface area contributed by atoms with Gasteiger partial charge in [-0.15, -0.1) is 0 Å². The molecule has 1 aromatic heterocycles. The number of halogens is 3. The van der Waals surface area contributed by atoms with Crippen LogP contribution in [0.25, 0.3) is 0 Å². The van der Waals surface area contributed by atoms with Crippen molar-refractivity contribution in [3.8, 4) is 6.01 Å². The van der Waals surface area contributed by atoms with Gasteiger partial charge in [-0.3, -0.25) is 4.57 Å². The van der Waals surface area contributed by atoms with Crippen LogP contribution < -0.4 is 10.1 Å². The number of benzene rings is 1. The molecule has 3 heterocycles. The van der Waals surface area contributed by atoms with Crippen LogP contribution in [0.2, 0.25) is 0 Å². The molecule has 1 N–H and O–H groups in total. The maximum atomic E-state index is 12.7. The summed E-state index contributed by atoms with van der Waals surface area (Å²) < 4.78 is 51.0. The van der Waals surface area contributed by atoms with Crippen LogP contribution in [0.3, 0.4) is 0 Å². The summed E-state index contributed by atoms with van der Waals surface area (Å²) in [5, 5.41) is 14.3. The molecule has 190 valence electrons. The van der Waals surface area contributed by atoms with Gasteiger partial charge in [0.1, 0.15) is 18.4 Å². The van der Waals surface area contributed by atoms with Gasteiger partial charge in [-0.1, -0.05) is 12.1 Å². The monoisotopic (exact) mass is 497 g/mol. The molecule has 2 aliphatic heterocycles.